The van der Waals surface area contributed by atoms with Gasteiger partial charge in [-0.15, -0.1) is 0 Å². The smallest absolute Gasteiger partial charge is 0.0136 e. The fraction of sp³-hybridized carbons (Fsp3) is 0.786. The molecule has 0 N–H and O–H groups in total. The molecule has 0 aromatic heterocycles. The van der Waals surface area contributed by atoms with Crippen molar-refractivity contribution in [2.24, 2.45) is 23.7 Å². The van der Waals surface area contributed by atoms with E-state index in [4.69, 9.17) is 0 Å². The predicted octanol–water partition coefficient (Wildman–Crippen LogP) is 9.11. The third kappa shape index (κ3) is 6.11. The Kier molecular flexibility index (Phi) is 8.49. The molecule has 0 radical (unpaired) electrons. The van der Waals surface area contributed by atoms with Crippen LogP contribution in [0.5, 0.6) is 0 Å². The molecule has 2 fully saturated rings. The van der Waals surface area contributed by atoms with Gasteiger partial charge in [-0.25, -0.2) is 0 Å². The van der Waals surface area contributed by atoms with Crippen molar-refractivity contribution in [2.75, 3.05) is 0 Å². The summed E-state index contributed by atoms with van der Waals surface area (Å²) < 4.78 is 0. The predicted molar refractivity (Wildman–Crippen MR) is 124 cm³/mol. The molecular formula is C28H46. The summed E-state index contributed by atoms with van der Waals surface area (Å²) in [6.45, 7) is 9.75. The fourth-order valence-corrected chi connectivity index (χ4v) is 6.02. The molecule has 158 valence electrons. The average Bonchev–Trinajstić information content (AvgIpc) is 2.72. The zero-order valence-electron chi connectivity index (χ0n) is 19.3. The van der Waals surface area contributed by atoms with Gasteiger partial charge in [0.1, 0.15) is 0 Å². The van der Waals surface area contributed by atoms with Gasteiger partial charge in [0.15, 0.2) is 0 Å². The van der Waals surface area contributed by atoms with E-state index in [1.54, 1.807) is 11.1 Å². The molecule has 0 bridgehead atoms. The second kappa shape index (κ2) is 10.8. The Bertz CT molecular complexity index is 540. The van der Waals surface area contributed by atoms with Gasteiger partial charge in [-0.2, -0.15) is 0 Å². The van der Waals surface area contributed by atoms with Crippen LogP contribution in [0, 0.1) is 23.7 Å². The first-order valence-corrected chi connectivity index (χ1v) is 12.7. The third-order valence-electron chi connectivity index (χ3n) is 8.30. The summed E-state index contributed by atoms with van der Waals surface area (Å²) in [6, 6.07) is 9.95. The normalized spacial score (nSPS) is 30.7. The molecule has 0 nitrogen and oxygen atoms in total. The third-order valence-corrected chi connectivity index (χ3v) is 8.30. The minimum atomic E-state index is 0.757. The lowest BCUT2D eigenvalue weighted by molar-refractivity contribution is 0.254. The average molecular weight is 383 g/mol. The van der Waals surface area contributed by atoms with E-state index in [0.29, 0.717) is 0 Å². The summed E-state index contributed by atoms with van der Waals surface area (Å²) >= 11 is 0. The molecule has 2 aliphatic carbocycles. The highest BCUT2D eigenvalue weighted by molar-refractivity contribution is 5.28. The van der Waals surface area contributed by atoms with E-state index >= 15 is 0 Å². The number of rotatable bonds is 8. The molecule has 2 unspecified atom stereocenters. The van der Waals surface area contributed by atoms with Crippen LogP contribution >= 0.6 is 0 Å². The van der Waals surface area contributed by atoms with Gasteiger partial charge in [-0.1, -0.05) is 103 Å². The standard InChI is InChI=1S/C28H46/c1-5-6-28(23(4)11-14-24-12-7-21(2)8-13-24)27-19-17-26(18-20-27)25-15-9-22(3)10-16-25/h17-25,28H,5-16H2,1-4H3. The van der Waals surface area contributed by atoms with E-state index in [0.717, 1.165) is 35.5 Å². The van der Waals surface area contributed by atoms with E-state index in [1.165, 1.54) is 77.0 Å². The molecule has 1 aromatic carbocycles. The second-order valence-electron chi connectivity index (χ2n) is 10.7. The lowest BCUT2D eigenvalue weighted by Gasteiger charge is -2.30. The maximum Gasteiger partial charge on any atom is -0.0136 e. The fourth-order valence-electron chi connectivity index (χ4n) is 6.02. The van der Waals surface area contributed by atoms with Crippen LogP contribution in [0.4, 0.5) is 0 Å². The summed E-state index contributed by atoms with van der Waals surface area (Å²) in [5.74, 6) is 5.33. The molecule has 0 spiro atoms. The summed E-state index contributed by atoms with van der Waals surface area (Å²) in [6.07, 6.45) is 17.1. The Morgan fingerprint density at radius 3 is 1.93 bits per heavy atom. The Labute approximate surface area is 175 Å². The highest BCUT2D eigenvalue weighted by Gasteiger charge is 2.24. The van der Waals surface area contributed by atoms with Gasteiger partial charge in [-0.3, -0.25) is 0 Å². The number of hydrogen-bond acceptors (Lipinski definition) is 0. The molecule has 0 heterocycles. The molecular weight excluding hydrogens is 336 g/mol. The molecule has 0 amide bonds. The second-order valence-corrected chi connectivity index (χ2v) is 10.7. The lowest BCUT2D eigenvalue weighted by Crippen LogP contribution is -2.16. The highest BCUT2D eigenvalue weighted by Crippen LogP contribution is 2.39. The van der Waals surface area contributed by atoms with Crippen LogP contribution in [-0.4, -0.2) is 0 Å². The van der Waals surface area contributed by atoms with Crippen LogP contribution in [0.25, 0.3) is 0 Å². The van der Waals surface area contributed by atoms with Crippen molar-refractivity contribution in [3.8, 4) is 0 Å². The first kappa shape index (κ1) is 21.9. The SMILES string of the molecule is CCCC(c1ccc(C2CCC(C)CC2)cc1)C(C)CCC1CCC(C)CC1. The van der Waals surface area contributed by atoms with Gasteiger partial charge >= 0.3 is 0 Å². The molecule has 0 aliphatic heterocycles. The molecule has 2 atom stereocenters. The lowest BCUT2D eigenvalue weighted by atomic mass is 9.76. The van der Waals surface area contributed by atoms with Crippen LogP contribution in [0.2, 0.25) is 0 Å². The Morgan fingerprint density at radius 1 is 0.786 bits per heavy atom. The van der Waals surface area contributed by atoms with E-state index in [9.17, 15) is 0 Å². The van der Waals surface area contributed by atoms with Crippen LogP contribution in [-0.2, 0) is 0 Å². The van der Waals surface area contributed by atoms with Gasteiger partial charge < -0.3 is 0 Å². The van der Waals surface area contributed by atoms with E-state index in [1.807, 2.05) is 0 Å². The first-order chi connectivity index (χ1) is 13.6. The summed E-state index contributed by atoms with van der Waals surface area (Å²) in [4.78, 5) is 0. The molecule has 1 aromatic rings. The van der Waals surface area contributed by atoms with Crippen molar-refractivity contribution in [1.29, 1.82) is 0 Å². The van der Waals surface area contributed by atoms with E-state index < -0.39 is 0 Å². The highest BCUT2D eigenvalue weighted by atomic mass is 14.3. The van der Waals surface area contributed by atoms with Crippen molar-refractivity contribution >= 4 is 0 Å². The van der Waals surface area contributed by atoms with Crippen molar-refractivity contribution in [1.82, 2.24) is 0 Å². The van der Waals surface area contributed by atoms with E-state index in [-0.39, 0.29) is 0 Å². The van der Waals surface area contributed by atoms with Gasteiger partial charge in [0, 0.05) is 0 Å². The van der Waals surface area contributed by atoms with Crippen LogP contribution in [0.3, 0.4) is 0 Å². The number of benzene rings is 1. The monoisotopic (exact) mass is 382 g/mol. The van der Waals surface area contributed by atoms with Crippen molar-refractivity contribution in [2.45, 2.75) is 117 Å². The minimum absolute atomic E-state index is 0.757. The van der Waals surface area contributed by atoms with Crippen LogP contribution in [0.15, 0.2) is 24.3 Å². The molecule has 2 aliphatic rings. The quantitative estimate of drug-likeness (QED) is 0.420. The summed E-state index contributed by atoms with van der Waals surface area (Å²) in [5.41, 5.74) is 3.22. The van der Waals surface area contributed by atoms with Gasteiger partial charge in [-0.05, 0) is 72.3 Å². The summed E-state index contributed by atoms with van der Waals surface area (Å²) in [7, 11) is 0. The minimum Gasteiger partial charge on any atom is -0.0654 e. The zero-order valence-corrected chi connectivity index (χ0v) is 19.3. The van der Waals surface area contributed by atoms with Crippen LogP contribution < -0.4 is 0 Å². The Morgan fingerprint density at radius 2 is 1.36 bits per heavy atom. The molecule has 0 heteroatoms. The maximum atomic E-state index is 2.53. The van der Waals surface area contributed by atoms with Crippen molar-refractivity contribution < 1.29 is 0 Å². The first-order valence-electron chi connectivity index (χ1n) is 12.7. The van der Waals surface area contributed by atoms with Crippen molar-refractivity contribution in [3.63, 3.8) is 0 Å². The van der Waals surface area contributed by atoms with Gasteiger partial charge in [0.2, 0.25) is 0 Å². The zero-order chi connectivity index (χ0) is 19.9. The Balaban J connectivity index is 1.56. The van der Waals surface area contributed by atoms with Crippen molar-refractivity contribution in [3.05, 3.63) is 35.4 Å². The molecule has 0 saturated heterocycles. The molecule has 3 rings (SSSR count). The van der Waals surface area contributed by atoms with Crippen LogP contribution in [0.1, 0.15) is 128 Å². The topological polar surface area (TPSA) is 0 Å². The maximum absolute atomic E-state index is 2.53. The molecule has 2 saturated carbocycles. The van der Waals surface area contributed by atoms with Gasteiger partial charge in [0.05, 0.1) is 0 Å². The van der Waals surface area contributed by atoms with E-state index in [2.05, 4.69) is 52.0 Å². The summed E-state index contributed by atoms with van der Waals surface area (Å²) in [5, 5.41) is 0. The Hall–Kier alpha value is -0.780. The number of hydrogen-bond donors (Lipinski definition) is 0. The van der Waals surface area contributed by atoms with Gasteiger partial charge in [0.25, 0.3) is 0 Å². The largest absolute Gasteiger partial charge is 0.0654 e. The molecule has 28 heavy (non-hydrogen) atoms.